The lowest BCUT2D eigenvalue weighted by atomic mass is 10.1. The zero-order valence-corrected chi connectivity index (χ0v) is 17.6. The van der Waals surface area contributed by atoms with E-state index in [1.807, 2.05) is 60.7 Å². The molecule has 5 aromatic rings. The number of hydrogen-bond acceptors (Lipinski definition) is 6. The van der Waals surface area contributed by atoms with Crippen LogP contribution in [0.3, 0.4) is 0 Å². The lowest BCUT2D eigenvalue weighted by Gasteiger charge is -2.10. The first-order valence-electron chi connectivity index (χ1n) is 10.1. The first-order chi connectivity index (χ1) is 16.2. The van der Waals surface area contributed by atoms with Crippen LogP contribution < -0.4 is 15.4 Å². The van der Waals surface area contributed by atoms with Gasteiger partial charge in [-0.25, -0.2) is 4.79 Å². The molecule has 0 atom stereocenters. The summed E-state index contributed by atoms with van der Waals surface area (Å²) in [6.45, 7) is 0. The highest BCUT2D eigenvalue weighted by atomic mass is 16.5. The summed E-state index contributed by atoms with van der Waals surface area (Å²) in [5.74, 6) is 1.29. The van der Waals surface area contributed by atoms with E-state index in [0.717, 1.165) is 16.8 Å². The summed E-state index contributed by atoms with van der Waals surface area (Å²) in [5.41, 5.74) is 4.32. The normalized spacial score (nSPS) is 10.7. The van der Waals surface area contributed by atoms with Gasteiger partial charge in [-0.1, -0.05) is 18.2 Å². The third-order valence-corrected chi connectivity index (χ3v) is 4.95. The number of fused-ring (bicyclic) bond motifs is 1. The molecule has 0 bridgehead atoms. The van der Waals surface area contributed by atoms with E-state index in [-0.39, 0.29) is 6.03 Å². The van der Waals surface area contributed by atoms with Crippen molar-refractivity contribution in [3.63, 3.8) is 0 Å². The molecule has 162 valence electrons. The lowest BCUT2D eigenvalue weighted by molar-refractivity contribution is 0.262. The minimum absolute atomic E-state index is 0.359. The molecule has 3 aromatic heterocycles. The number of carbonyl (C=O) groups is 1. The fourth-order valence-electron chi connectivity index (χ4n) is 3.37. The Kier molecular flexibility index (Phi) is 5.34. The maximum Gasteiger partial charge on any atom is 0.323 e. The number of ether oxygens (including phenoxy) is 1. The average molecular weight is 437 g/mol. The molecule has 0 aliphatic heterocycles. The molecule has 0 aliphatic carbocycles. The van der Waals surface area contributed by atoms with E-state index in [4.69, 9.17) is 9.84 Å². The van der Waals surface area contributed by atoms with Gasteiger partial charge in [0.15, 0.2) is 11.5 Å². The predicted octanol–water partition coefficient (Wildman–Crippen LogP) is 4.51. The fraction of sp³-hybridized carbons (Fsp3) is 0.0417. The summed E-state index contributed by atoms with van der Waals surface area (Å²) >= 11 is 0. The second-order valence-corrected chi connectivity index (χ2v) is 7.14. The van der Waals surface area contributed by atoms with E-state index < -0.39 is 0 Å². The van der Waals surface area contributed by atoms with Crippen molar-refractivity contribution in [2.75, 3.05) is 17.7 Å². The van der Waals surface area contributed by atoms with Gasteiger partial charge < -0.3 is 15.4 Å². The molecular weight excluding hydrogens is 418 g/mol. The minimum Gasteiger partial charge on any atom is -0.497 e. The Bertz CT molecular complexity index is 1430. The van der Waals surface area contributed by atoms with Crippen LogP contribution in [0.4, 0.5) is 16.2 Å². The van der Waals surface area contributed by atoms with Gasteiger partial charge in [-0.05, 0) is 48.5 Å². The van der Waals surface area contributed by atoms with Crippen molar-refractivity contribution in [3.05, 3.63) is 85.2 Å². The number of anilines is 2. The molecule has 0 aliphatic rings. The number of aromatic nitrogens is 5. The fourth-order valence-corrected chi connectivity index (χ4v) is 3.37. The largest absolute Gasteiger partial charge is 0.497 e. The van der Waals surface area contributed by atoms with Crippen LogP contribution in [0.5, 0.6) is 5.75 Å². The van der Waals surface area contributed by atoms with Gasteiger partial charge in [0.1, 0.15) is 5.75 Å². The smallest absolute Gasteiger partial charge is 0.323 e. The summed E-state index contributed by atoms with van der Waals surface area (Å²) < 4.78 is 6.88. The monoisotopic (exact) mass is 437 g/mol. The van der Waals surface area contributed by atoms with E-state index in [1.54, 1.807) is 36.2 Å². The van der Waals surface area contributed by atoms with Gasteiger partial charge in [0.2, 0.25) is 0 Å². The highest BCUT2D eigenvalue weighted by molar-refractivity contribution is 6.00. The Morgan fingerprint density at radius 1 is 0.848 bits per heavy atom. The van der Waals surface area contributed by atoms with Gasteiger partial charge in [0.05, 0.1) is 12.8 Å². The number of rotatable bonds is 5. The third-order valence-electron chi connectivity index (χ3n) is 4.95. The maximum absolute atomic E-state index is 12.5. The standard InChI is InChI=1S/C24H19N7O2/c1-33-20-7-3-6-19(15-20)27-24(32)26-18-5-2-4-17(14-18)21-8-9-22-28-29-23(31(22)30-21)16-10-12-25-13-11-16/h2-15H,1H3,(H2,26,27,32). The number of pyridine rings is 1. The van der Waals surface area contributed by atoms with Crippen LogP contribution in [-0.2, 0) is 0 Å². The molecule has 9 heteroatoms. The zero-order valence-electron chi connectivity index (χ0n) is 17.6. The number of methoxy groups -OCH3 is 1. The summed E-state index contributed by atoms with van der Waals surface area (Å²) in [6.07, 6.45) is 3.40. The summed E-state index contributed by atoms with van der Waals surface area (Å²) in [5, 5.41) is 18.8. The molecule has 0 spiro atoms. The lowest BCUT2D eigenvalue weighted by Crippen LogP contribution is -2.19. The molecule has 2 aromatic carbocycles. The van der Waals surface area contributed by atoms with Crippen molar-refractivity contribution >= 4 is 23.1 Å². The number of benzene rings is 2. The van der Waals surface area contributed by atoms with Gasteiger partial charge in [-0.3, -0.25) is 4.98 Å². The summed E-state index contributed by atoms with van der Waals surface area (Å²) in [4.78, 5) is 16.5. The number of amides is 2. The minimum atomic E-state index is -0.359. The average Bonchev–Trinajstić information content (AvgIpc) is 3.28. The van der Waals surface area contributed by atoms with Crippen LogP contribution in [-0.4, -0.2) is 37.9 Å². The summed E-state index contributed by atoms with van der Waals surface area (Å²) in [7, 11) is 1.58. The molecule has 3 heterocycles. The Balaban J connectivity index is 1.39. The van der Waals surface area contributed by atoms with Crippen LogP contribution in [0.15, 0.2) is 85.2 Å². The third kappa shape index (κ3) is 4.33. The Morgan fingerprint density at radius 3 is 2.39 bits per heavy atom. The number of nitrogens with one attached hydrogen (secondary N) is 2. The van der Waals surface area contributed by atoms with Crippen molar-refractivity contribution < 1.29 is 9.53 Å². The SMILES string of the molecule is COc1cccc(NC(=O)Nc2cccc(-c3ccc4nnc(-c5ccncc5)n4n3)c2)c1. The van der Waals surface area contributed by atoms with Crippen molar-refractivity contribution in [2.24, 2.45) is 0 Å². The van der Waals surface area contributed by atoms with Crippen molar-refractivity contribution in [3.8, 4) is 28.4 Å². The first-order valence-corrected chi connectivity index (χ1v) is 10.1. The van der Waals surface area contributed by atoms with Gasteiger partial charge >= 0.3 is 6.03 Å². The molecule has 0 unspecified atom stereocenters. The van der Waals surface area contributed by atoms with Gasteiger partial charge in [0, 0.05) is 41.0 Å². The predicted molar refractivity (Wildman–Crippen MR) is 125 cm³/mol. The second-order valence-electron chi connectivity index (χ2n) is 7.14. The van der Waals surface area contributed by atoms with Crippen LogP contribution in [0, 0.1) is 0 Å². The molecular formula is C24H19N7O2. The molecule has 2 amide bonds. The molecule has 0 saturated heterocycles. The van der Waals surface area contributed by atoms with Crippen LogP contribution in [0.2, 0.25) is 0 Å². The number of nitrogens with zero attached hydrogens (tertiary/aromatic N) is 5. The molecule has 9 nitrogen and oxygen atoms in total. The van der Waals surface area contributed by atoms with E-state index >= 15 is 0 Å². The molecule has 33 heavy (non-hydrogen) atoms. The topological polar surface area (TPSA) is 106 Å². The van der Waals surface area contributed by atoms with E-state index in [2.05, 4.69) is 25.8 Å². The van der Waals surface area contributed by atoms with E-state index in [1.165, 1.54) is 0 Å². The number of urea groups is 1. The van der Waals surface area contributed by atoms with Gasteiger partial charge in [-0.2, -0.15) is 9.61 Å². The highest BCUT2D eigenvalue weighted by Gasteiger charge is 2.11. The number of carbonyl (C=O) groups excluding carboxylic acids is 1. The first kappa shape index (κ1) is 20.1. The van der Waals surface area contributed by atoms with Crippen LogP contribution in [0.1, 0.15) is 0 Å². The summed E-state index contributed by atoms with van der Waals surface area (Å²) in [6, 6.07) is 21.7. The number of hydrogen-bond donors (Lipinski definition) is 2. The molecule has 0 saturated carbocycles. The van der Waals surface area contributed by atoms with Crippen molar-refractivity contribution in [1.29, 1.82) is 0 Å². The zero-order chi connectivity index (χ0) is 22.6. The second kappa shape index (κ2) is 8.75. The highest BCUT2D eigenvalue weighted by Crippen LogP contribution is 2.24. The molecule has 0 fully saturated rings. The van der Waals surface area contributed by atoms with E-state index in [9.17, 15) is 4.79 Å². The van der Waals surface area contributed by atoms with Crippen LogP contribution in [0.25, 0.3) is 28.3 Å². The quantitative estimate of drug-likeness (QED) is 0.419. The Labute approximate surface area is 189 Å². The van der Waals surface area contributed by atoms with Gasteiger partial charge in [-0.15, -0.1) is 10.2 Å². The van der Waals surface area contributed by atoms with E-state index in [0.29, 0.717) is 28.6 Å². The molecule has 0 radical (unpaired) electrons. The Hall–Kier alpha value is -4.79. The van der Waals surface area contributed by atoms with Crippen molar-refractivity contribution in [1.82, 2.24) is 24.8 Å². The maximum atomic E-state index is 12.5. The van der Waals surface area contributed by atoms with Crippen molar-refractivity contribution in [2.45, 2.75) is 0 Å². The Morgan fingerprint density at radius 2 is 1.61 bits per heavy atom. The van der Waals surface area contributed by atoms with Gasteiger partial charge in [0.25, 0.3) is 0 Å². The molecule has 2 N–H and O–H groups in total. The molecule has 5 rings (SSSR count). The van der Waals surface area contributed by atoms with Crippen LogP contribution >= 0.6 is 0 Å².